The molecule has 2 aliphatic rings. The number of amides is 1. The van der Waals surface area contributed by atoms with Crippen molar-refractivity contribution in [3.05, 3.63) is 87.9 Å². The van der Waals surface area contributed by atoms with Gasteiger partial charge in [-0.15, -0.1) is 0 Å². The van der Waals surface area contributed by atoms with Crippen LogP contribution in [0.25, 0.3) is 0 Å². The van der Waals surface area contributed by atoms with E-state index in [-0.39, 0.29) is 19.0 Å². The number of benzene rings is 3. The molecule has 3 aromatic carbocycles. The quantitative estimate of drug-likeness (QED) is 0.520. The fourth-order valence-electron chi connectivity index (χ4n) is 4.21. The molecule has 1 atom stereocenters. The first-order valence-electron chi connectivity index (χ1n) is 10.3. The Morgan fingerprint density at radius 3 is 2.62 bits per heavy atom. The molecule has 0 fully saturated rings. The molecule has 32 heavy (non-hydrogen) atoms. The van der Waals surface area contributed by atoms with Crippen LogP contribution in [0.2, 0.25) is 0 Å². The van der Waals surface area contributed by atoms with Gasteiger partial charge in [0.1, 0.15) is 0 Å². The number of anilines is 1. The van der Waals surface area contributed by atoms with Crippen molar-refractivity contribution in [1.82, 2.24) is 0 Å². The molecule has 1 N–H and O–H groups in total. The van der Waals surface area contributed by atoms with Crippen LogP contribution in [-0.4, -0.2) is 30.1 Å². The van der Waals surface area contributed by atoms with E-state index >= 15 is 0 Å². The predicted molar refractivity (Wildman–Crippen MR) is 122 cm³/mol. The summed E-state index contributed by atoms with van der Waals surface area (Å²) in [6.07, 6.45) is 0.269. The van der Waals surface area contributed by atoms with Gasteiger partial charge in [-0.2, -0.15) is 0 Å². The molecule has 1 amide bonds. The van der Waals surface area contributed by atoms with Crippen molar-refractivity contribution in [3.8, 4) is 11.5 Å². The minimum absolute atomic E-state index is 0.104. The minimum Gasteiger partial charge on any atom is -0.454 e. The lowest BCUT2D eigenvalue weighted by molar-refractivity contribution is -0.135. The van der Waals surface area contributed by atoms with Crippen molar-refractivity contribution >= 4 is 33.3 Å². The number of hydrogen-bond donors (Lipinski definition) is 1. The van der Waals surface area contributed by atoms with E-state index in [0.29, 0.717) is 41.3 Å². The fraction of sp³-hybridized carbons (Fsp3) is 0.200. The molecule has 0 spiro atoms. The number of nitrogens with zero attached hydrogens (tertiary/aromatic N) is 1. The Morgan fingerprint density at radius 1 is 1.03 bits per heavy atom. The molecule has 162 valence electrons. The number of Topliss-reactive ketones (excluding diaryl/α,β-unsaturated/α-hetero) is 1. The SMILES string of the molecule is O=C(CC1(O)C(=O)N(CCc2ccccc2)c2ccc(Br)cc21)c1ccc2c(c1)OCO2. The standard InChI is InChI=1S/C25H20BrNO5/c26-18-7-8-20-19(13-18)25(30,24(29)27(20)11-10-16-4-2-1-3-5-16)14-21(28)17-6-9-22-23(12-17)32-15-31-22/h1-9,12-13,30H,10-11,14-15H2. The van der Waals surface area contributed by atoms with Gasteiger partial charge in [0.2, 0.25) is 6.79 Å². The molecule has 0 aliphatic carbocycles. The molecule has 2 aliphatic heterocycles. The number of fused-ring (bicyclic) bond motifs is 2. The summed E-state index contributed by atoms with van der Waals surface area (Å²) in [5.41, 5.74) is 0.554. The molecule has 0 bridgehead atoms. The zero-order chi connectivity index (χ0) is 22.3. The summed E-state index contributed by atoms with van der Waals surface area (Å²) in [7, 11) is 0. The summed E-state index contributed by atoms with van der Waals surface area (Å²) in [5.74, 6) is 0.206. The molecule has 0 saturated heterocycles. The van der Waals surface area contributed by atoms with Gasteiger partial charge in [-0.25, -0.2) is 0 Å². The van der Waals surface area contributed by atoms with Crippen molar-refractivity contribution < 1.29 is 24.2 Å². The van der Waals surface area contributed by atoms with E-state index in [9.17, 15) is 14.7 Å². The molecule has 0 aromatic heterocycles. The maximum Gasteiger partial charge on any atom is 0.264 e. The summed E-state index contributed by atoms with van der Waals surface area (Å²) in [4.78, 5) is 28.1. The van der Waals surface area contributed by atoms with Crippen LogP contribution in [0.4, 0.5) is 5.69 Å². The molecular weight excluding hydrogens is 474 g/mol. The molecule has 7 heteroatoms. The second kappa shape index (κ2) is 8.07. The van der Waals surface area contributed by atoms with Crippen LogP contribution in [0.1, 0.15) is 27.9 Å². The van der Waals surface area contributed by atoms with Gasteiger partial charge in [-0.05, 0) is 48.4 Å². The lowest BCUT2D eigenvalue weighted by Gasteiger charge is -2.23. The van der Waals surface area contributed by atoms with Gasteiger partial charge in [0.05, 0.1) is 12.1 Å². The third kappa shape index (κ3) is 3.57. The number of ketones is 1. The number of carbonyl (C=O) groups excluding carboxylic acids is 2. The lowest BCUT2D eigenvalue weighted by Crippen LogP contribution is -2.42. The van der Waals surface area contributed by atoms with Crippen molar-refractivity contribution in [2.75, 3.05) is 18.2 Å². The zero-order valence-electron chi connectivity index (χ0n) is 17.1. The Hall–Kier alpha value is -3.16. The minimum atomic E-state index is -1.94. The van der Waals surface area contributed by atoms with E-state index < -0.39 is 11.5 Å². The first-order valence-corrected chi connectivity index (χ1v) is 11.1. The highest BCUT2D eigenvalue weighted by atomic mass is 79.9. The number of carbonyl (C=O) groups is 2. The molecule has 3 aromatic rings. The highest BCUT2D eigenvalue weighted by molar-refractivity contribution is 9.10. The Labute approximate surface area is 193 Å². The second-order valence-corrected chi connectivity index (χ2v) is 8.80. The Bertz CT molecular complexity index is 1210. The third-order valence-electron chi connectivity index (χ3n) is 5.87. The van der Waals surface area contributed by atoms with Crippen LogP contribution in [0.15, 0.2) is 71.2 Å². The molecule has 6 nitrogen and oxygen atoms in total. The summed E-state index contributed by atoms with van der Waals surface area (Å²) in [5, 5.41) is 11.5. The van der Waals surface area contributed by atoms with Crippen molar-refractivity contribution in [3.63, 3.8) is 0 Å². The molecule has 2 heterocycles. The molecule has 0 saturated carbocycles. The van der Waals surface area contributed by atoms with Gasteiger partial charge >= 0.3 is 0 Å². The lowest BCUT2D eigenvalue weighted by atomic mass is 9.88. The maximum absolute atomic E-state index is 13.4. The third-order valence-corrected chi connectivity index (χ3v) is 6.37. The zero-order valence-corrected chi connectivity index (χ0v) is 18.7. The summed E-state index contributed by atoms with van der Waals surface area (Å²) < 4.78 is 11.4. The monoisotopic (exact) mass is 493 g/mol. The van der Waals surface area contributed by atoms with Crippen LogP contribution in [-0.2, 0) is 16.8 Å². The van der Waals surface area contributed by atoms with E-state index in [1.807, 2.05) is 36.4 Å². The summed E-state index contributed by atoms with van der Waals surface area (Å²) in [6.45, 7) is 0.505. The second-order valence-electron chi connectivity index (χ2n) is 7.88. The first-order chi connectivity index (χ1) is 15.5. The molecule has 5 rings (SSSR count). The normalized spacial score (nSPS) is 18.7. The Kier molecular flexibility index (Phi) is 5.23. The van der Waals surface area contributed by atoms with E-state index in [1.54, 1.807) is 35.2 Å². The van der Waals surface area contributed by atoms with E-state index in [1.165, 1.54) is 0 Å². The number of hydrogen-bond acceptors (Lipinski definition) is 5. The van der Waals surface area contributed by atoms with Crippen molar-refractivity contribution in [1.29, 1.82) is 0 Å². The Morgan fingerprint density at radius 2 is 1.81 bits per heavy atom. The van der Waals surface area contributed by atoms with Gasteiger partial charge in [-0.3, -0.25) is 9.59 Å². The van der Waals surface area contributed by atoms with Crippen LogP contribution < -0.4 is 14.4 Å². The maximum atomic E-state index is 13.4. The van der Waals surface area contributed by atoms with Crippen LogP contribution in [0.5, 0.6) is 11.5 Å². The van der Waals surface area contributed by atoms with E-state index in [0.717, 1.165) is 10.0 Å². The predicted octanol–water partition coefficient (Wildman–Crippen LogP) is 4.23. The number of ether oxygens (including phenoxy) is 2. The van der Waals surface area contributed by atoms with Gasteiger partial charge in [0, 0.05) is 22.1 Å². The van der Waals surface area contributed by atoms with Crippen LogP contribution in [0.3, 0.4) is 0 Å². The van der Waals surface area contributed by atoms with Gasteiger partial charge in [-0.1, -0.05) is 46.3 Å². The molecular formula is C25H20BrNO5. The van der Waals surface area contributed by atoms with Gasteiger partial charge in [0.15, 0.2) is 22.9 Å². The average Bonchev–Trinajstić information content (AvgIpc) is 3.34. The van der Waals surface area contributed by atoms with E-state index in [4.69, 9.17) is 9.47 Å². The smallest absolute Gasteiger partial charge is 0.264 e. The van der Waals surface area contributed by atoms with Gasteiger partial charge < -0.3 is 19.5 Å². The highest BCUT2D eigenvalue weighted by Gasteiger charge is 2.51. The highest BCUT2D eigenvalue weighted by Crippen LogP contribution is 2.44. The van der Waals surface area contributed by atoms with Crippen LogP contribution in [0, 0.1) is 0 Å². The molecule has 1 unspecified atom stereocenters. The summed E-state index contributed by atoms with van der Waals surface area (Å²) >= 11 is 3.42. The topological polar surface area (TPSA) is 76.1 Å². The van der Waals surface area contributed by atoms with Crippen molar-refractivity contribution in [2.45, 2.75) is 18.4 Å². The van der Waals surface area contributed by atoms with Crippen LogP contribution >= 0.6 is 15.9 Å². The number of aliphatic hydroxyl groups is 1. The number of rotatable bonds is 6. The first kappa shape index (κ1) is 20.7. The van der Waals surface area contributed by atoms with E-state index in [2.05, 4.69) is 15.9 Å². The molecule has 0 radical (unpaired) electrons. The summed E-state index contributed by atoms with van der Waals surface area (Å²) in [6, 6.07) is 20.0. The van der Waals surface area contributed by atoms with Crippen molar-refractivity contribution in [2.24, 2.45) is 0 Å². The largest absolute Gasteiger partial charge is 0.454 e. The number of halogens is 1. The fourth-order valence-corrected chi connectivity index (χ4v) is 4.57. The van der Waals surface area contributed by atoms with Gasteiger partial charge in [0.25, 0.3) is 5.91 Å². The Balaban J connectivity index is 1.44. The average molecular weight is 494 g/mol.